The Morgan fingerprint density at radius 3 is 2.50 bits per heavy atom. The summed E-state index contributed by atoms with van der Waals surface area (Å²) in [6.07, 6.45) is 1.93. The summed E-state index contributed by atoms with van der Waals surface area (Å²) in [5.41, 5.74) is 1.10. The van der Waals surface area contributed by atoms with Gasteiger partial charge in [0.15, 0.2) is 11.5 Å². The van der Waals surface area contributed by atoms with Gasteiger partial charge in [-0.3, -0.25) is 9.80 Å². The third-order valence-corrected chi connectivity index (χ3v) is 6.23. The summed E-state index contributed by atoms with van der Waals surface area (Å²) in [7, 11) is 5.26. The Bertz CT molecular complexity index is 870. The highest BCUT2D eigenvalue weighted by Gasteiger charge is 2.16. The molecule has 0 aromatic heterocycles. The zero-order valence-electron chi connectivity index (χ0n) is 21.0. The van der Waals surface area contributed by atoms with Crippen LogP contribution in [0.15, 0.2) is 42.5 Å². The van der Waals surface area contributed by atoms with Crippen molar-refractivity contribution in [3.05, 3.63) is 48.0 Å². The number of aliphatic hydroxyl groups is 1. The molecule has 0 amide bonds. The fourth-order valence-corrected chi connectivity index (χ4v) is 4.17. The molecule has 0 aliphatic carbocycles. The maximum atomic E-state index is 10.4. The highest BCUT2D eigenvalue weighted by atomic mass is 16.5. The van der Waals surface area contributed by atoms with Gasteiger partial charge < -0.3 is 24.1 Å². The van der Waals surface area contributed by atoms with Gasteiger partial charge in [0.1, 0.15) is 30.8 Å². The Kier molecular flexibility index (Phi) is 10.3. The molecular weight excluding hydrogens is 432 g/mol. The van der Waals surface area contributed by atoms with Gasteiger partial charge in [-0.15, -0.1) is 0 Å². The smallest absolute Gasteiger partial charge is 0.161 e. The van der Waals surface area contributed by atoms with Crippen molar-refractivity contribution in [2.75, 3.05) is 60.7 Å². The molecule has 2 aromatic carbocycles. The molecule has 1 unspecified atom stereocenters. The van der Waals surface area contributed by atoms with E-state index >= 15 is 0 Å². The lowest BCUT2D eigenvalue weighted by Gasteiger charge is -2.30. The van der Waals surface area contributed by atoms with Crippen LogP contribution < -0.4 is 18.9 Å². The van der Waals surface area contributed by atoms with Crippen LogP contribution in [0, 0.1) is 5.92 Å². The molecule has 0 saturated carbocycles. The van der Waals surface area contributed by atoms with E-state index in [1.165, 1.54) is 12.8 Å². The Hall–Kier alpha value is -2.48. The van der Waals surface area contributed by atoms with Gasteiger partial charge in [-0.05, 0) is 68.7 Å². The number of aliphatic hydroxyl groups excluding tert-OH is 1. The number of benzene rings is 2. The van der Waals surface area contributed by atoms with E-state index < -0.39 is 6.10 Å². The highest BCUT2D eigenvalue weighted by molar-refractivity contribution is 5.43. The molecule has 0 radical (unpaired) electrons. The fraction of sp³-hybridized carbons (Fsp3) is 0.556. The lowest BCUT2D eigenvalue weighted by atomic mass is 9.99. The molecule has 0 spiro atoms. The van der Waals surface area contributed by atoms with Crippen LogP contribution in [0.2, 0.25) is 0 Å². The molecule has 7 heteroatoms. The van der Waals surface area contributed by atoms with E-state index in [1.54, 1.807) is 20.3 Å². The molecule has 1 aliphatic rings. The van der Waals surface area contributed by atoms with Gasteiger partial charge in [0.25, 0.3) is 0 Å². The molecule has 7 nitrogen and oxygen atoms in total. The van der Waals surface area contributed by atoms with Crippen LogP contribution in [-0.2, 0) is 6.54 Å². The maximum Gasteiger partial charge on any atom is 0.161 e. The predicted octanol–water partition coefficient (Wildman–Crippen LogP) is 3.69. The van der Waals surface area contributed by atoms with Gasteiger partial charge in [-0.1, -0.05) is 19.1 Å². The number of piperidine rings is 1. The van der Waals surface area contributed by atoms with Gasteiger partial charge in [0.2, 0.25) is 0 Å². The van der Waals surface area contributed by atoms with Crippen molar-refractivity contribution in [2.24, 2.45) is 5.92 Å². The van der Waals surface area contributed by atoms with E-state index in [-0.39, 0.29) is 6.61 Å². The summed E-state index contributed by atoms with van der Waals surface area (Å²) < 4.78 is 22.5. The average molecular weight is 473 g/mol. The van der Waals surface area contributed by atoms with E-state index in [4.69, 9.17) is 18.9 Å². The Balaban J connectivity index is 1.43. The summed E-state index contributed by atoms with van der Waals surface area (Å²) in [6, 6.07) is 13.4. The first-order valence-electron chi connectivity index (χ1n) is 12.1. The molecule has 1 aliphatic heterocycles. The first kappa shape index (κ1) is 26.1. The van der Waals surface area contributed by atoms with Crippen LogP contribution in [0.25, 0.3) is 0 Å². The minimum absolute atomic E-state index is 0.212. The molecular formula is C27H40N2O5. The molecule has 0 bridgehead atoms. The standard InChI is InChI=1S/C27H40N2O5/c1-21-10-12-29(13-11-21)14-15-33-26-9-8-22(16-27(26)32-4)18-28(2)19-23(30)20-34-25-7-5-6-24(17-25)31-3/h5-9,16-17,21,23,30H,10-15,18-20H2,1-4H3. The van der Waals surface area contributed by atoms with Crippen LogP contribution in [0.3, 0.4) is 0 Å². The van der Waals surface area contributed by atoms with Crippen LogP contribution in [0.5, 0.6) is 23.0 Å². The van der Waals surface area contributed by atoms with Crippen molar-refractivity contribution in [1.82, 2.24) is 9.80 Å². The van der Waals surface area contributed by atoms with Gasteiger partial charge in [-0.25, -0.2) is 0 Å². The topological polar surface area (TPSA) is 63.6 Å². The lowest BCUT2D eigenvalue weighted by Crippen LogP contribution is -2.35. The zero-order valence-corrected chi connectivity index (χ0v) is 21.0. The normalized spacial score (nSPS) is 15.8. The minimum atomic E-state index is -0.613. The maximum absolute atomic E-state index is 10.4. The minimum Gasteiger partial charge on any atom is -0.497 e. The molecule has 1 fully saturated rings. The summed E-state index contributed by atoms with van der Waals surface area (Å²) in [6.45, 7) is 7.61. The van der Waals surface area contributed by atoms with Crippen molar-refractivity contribution in [3.8, 4) is 23.0 Å². The first-order chi connectivity index (χ1) is 16.5. The number of ether oxygens (including phenoxy) is 4. The molecule has 2 aromatic rings. The highest BCUT2D eigenvalue weighted by Crippen LogP contribution is 2.29. The van der Waals surface area contributed by atoms with Crippen molar-refractivity contribution in [3.63, 3.8) is 0 Å². The summed E-state index contributed by atoms with van der Waals surface area (Å²) >= 11 is 0. The van der Waals surface area contributed by atoms with Gasteiger partial charge in [-0.2, -0.15) is 0 Å². The van der Waals surface area contributed by atoms with Crippen LogP contribution >= 0.6 is 0 Å². The fourth-order valence-electron chi connectivity index (χ4n) is 4.17. The van der Waals surface area contributed by atoms with Crippen molar-refractivity contribution in [1.29, 1.82) is 0 Å². The second-order valence-electron chi connectivity index (χ2n) is 9.20. The second-order valence-corrected chi connectivity index (χ2v) is 9.20. The van der Waals surface area contributed by atoms with Crippen LogP contribution in [-0.4, -0.2) is 81.7 Å². The van der Waals surface area contributed by atoms with Crippen LogP contribution in [0.4, 0.5) is 0 Å². The SMILES string of the molecule is COc1cccc(OCC(O)CN(C)Cc2ccc(OCCN3CCC(C)CC3)c(OC)c2)c1. The Morgan fingerprint density at radius 1 is 1.00 bits per heavy atom. The third-order valence-electron chi connectivity index (χ3n) is 6.23. The van der Waals surface area contributed by atoms with E-state index in [9.17, 15) is 5.11 Å². The third kappa shape index (κ3) is 8.38. The molecule has 1 heterocycles. The van der Waals surface area contributed by atoms with E-state index in [0.717, 1.165) is 48.4 Å². The average Bonchev–Trinajstić information content (AvgIpc) is 2.84. The lowest BCUT2D eigenvalue weighted by molar-refractivity contribution is 0.0743. The number of nitrogens with zero attached hydrogens (tertiary/aromatic N) is 2. The number of likely N-dealkylation sites (tertiary alicyclic amines) is 1. The monoisotopic (exact) mass is 472 g/mol. The summed E-state index contributed by atoms with van der Waals surface area (Å²) in [4.78, 5) is 4.53. The predicted molar refractivity (Wildman–Crippen MR) is 134 cm³/mol. The quantitative estimate of drug-likeness (QED) is 0.477. The summed E-state index contributed by atoms with van der Waals surface area (Å²) in [5.74, 6) is 3.75. The Labute approximate surface area is 204 Å². The molecule has 1 saturated heterocycles. The Morgan fingerprint density at radius 2 is 1.76 bits per heavy atom. The van der Waals surface area contributed by atoms with E-state index in [1.807, 2.05) is 37.4 Å². The van der Waals surface area contributed by atoms with E-state index in [0.29, 0.717) is 25.4 Å². The van der Waals surface area contributed by atoms with Crippen molar-refractivity contribution >= 4 is 0 Å². The number of likely N-dealkylation sites (N-methyl/N-ethyl adjacent to an activating group) is 1. The van der Waals surface area contributed by atoms with Gasteiger partial charge in [0.05, 0.1) is 14.2 Å². The van der Waals surface area contributed by atoms with Gasteiger partial charge >= 0.3 is 0 Å². The molecule has 34 heavy (non-hydrogen) atoms. The number of hydrogen-bond acceptors (Lipinski definition) is 7. The largest absolute Gasteiger partial charge is 0.497 e. The van der Waals surface area contributed by atoms with Crippen LogP contribution in [0.1, 0.15) is 25.3 Å². The molecule has 188 valence electrons. The van der Waals surface area contributed by atoms with Crippen molar-refractivity contribution in [2.45, 2.75) is 32.4 Å². The molecule has 1 atom stereocenters. The number of hydrogen-bond donors (Lipinski definition) is 1. The molecule has 3 rings (SSSR count). The molecule has 1 N–H and O–H groups in total. The number of rotatable bonds is 13. The van der Waals surface area contributed by atoms with Gasteiger partial charge in [0, 0.05) is 25.7 Å². The summed E-state index contributed by atoms with van der Waals surface area (Å²) in [5, 5.41) is 10.4. The van der Waals surface area contributed by atoms with E-state index in [2.05, 4.69) is 22.8 Å². The second kappa shape index (κ2) is 13.4. The van der Waals surface area contributed by atoms with Crippen molar-refractivity contribution < 1.29 is 24.1 Å². The number of methoxy groups -OCH3 is 2. The first-order valence-corrected chi connectivity index (χ1v) is 12.1. The zero-order chi connectivity index (χ0) is 24.3.